The lowest BCUT2D eigenvalue weighted by molar-refractivity contribution is 0.0370. The lowest BCUT2D eigenvalue weighted by Crippen LogP contribution is -2.11. The highest BCUT2D eigenvalue weighted by atomic mass is 16.5. The summed E-state index contributed by atoms with van der Waals surface area (Å²) in [6.45, 7) is 11.9. The van der Waals surface area contributed by atoms with Gasteiger partial charge in [-0.25, -0.2) is 0 Å². The Balaban J connectivity index is 2.05. The minimum absolute atomic E-state index is 0.167. The smallest absolute Gasteiger partial charge is 0.0827 e. The maximum atomic E-state index is 6.29. The van der Waals surface area contributed by atoms with Gasteiger partial charge < -0.3 is 4.74 Å². The summed E-state index contributed by atoms with van der Waals surface area (Å²) < 4.78 is 6.29. The number of hydrogen-bond donors (Lipinski definition) is 0. The second-order valence-electron chi connectivity index (χ2n) is 8.01. The summed E-state index contributed by atoms with van der Waals surface area (Å²) in [5.41, 5.74) is 5.53. The Labute approximate surface area is 154 Å². The first-order chi connectivity index (χ1) is 11.9. The van der Waals surface area contributed by atoms with Crippen LogP contribution in [-0.4, -0.2) is 0 Å². The van der Waals surface area contributed by atoms with Crippen LogP contribution in [0.1, 0.15) is 82.2 Å². The number of rotatable bonds is 8. The molecular weight excluding hydrogens is 304 g/mol. The van der Waals surface area contributed by atoms with E-state index in [1.165, 1.54) is 35.1 Å². The molecule has 0 aliphatic heterocycles. The average molecular weight is 339 g/mol. The molecule has 25 heavy (non-hydrogen) atoms. The highest BCUT2D eigenvalue weighted by Crippen LogP contribution is 2.26. The molecule has 0 saturated carbocycles. The second kappa shape index (κ2) is 9.20. The average Bonchev–Trinajstić information content (AvgIpc) is 2.60. The number of hydrogen-bond acceptors (Lipinski definition) is 1. The Hall–Kier alpha value is -1.60. The summed E-state index contributed by atoms with van der Waals surface area (Å²) >= 11 is 0. The van der Waals surface area contributed by atoms with Crippen molar-refractivity contribution in [2.24, 2.45) is 0 Å². The zero-order valence-corrected chi connectivity index (χ0v) is 16.6. The Morgan fingerprint density at radius 3 is 2.32 bits per heavy atom. The standard InChI is InChI=1S/C24H34O/c1-6-8-11-19-12-9-14-21(16-19)23(7-2)25-18-20-13-10-15-22(17-20)24(3,4)5/h9-10,12-17,23H,6-8,11,18H2,1-5H3/t23-/m0/s1. The normalized spacial score (nSPS) is 13.0. The molecule has 0 aliphatic carbocycles. The molecule has 136 valence electrons. The topological polar surface area (TPSA) is 9.23 Å². The fourth-order valence-corrected chi connectivity index (χ4v) is 3.10. The maximum Gasteiger partial charge on any atom is 0.0827 e. The van der Waals surface area contributed by atoms with Gasteiger partial charge in [0, 0.05) is 0 Å². The molecule has 0 fully saturated rings. The first kappa shape index (κ1) is 19.7. The summed E-state index contributed by atoms with van der Waals surface area (Å²) in [6.07, 6.45) is 4.81. The van der Waals surface area contributed by atoms with Gasteiger partial charge in [0.05, 0.1) is 12.7 Å². The van der Waals surface area contributed by atoms with Crippen molar-refractivity contribution in [3.8, 4) is 0 Å². The Morgan fingerprint density at radius 2 is 1.64 bits per heavy atom. The molecule has 0 amide bonds. The Bertz CT molecular complexity index is 651. The molecule has 0 bridgehead atoms. The lowest BCUT2D eigenvalue weighted by atomic mass is 9.86. The van der Waals surface area contributed by atoms with Gasteiger partial charge in [0.15, 0.2) is 0 Å². The minimum atomic E-state index is 0.167. The third-order valence-corrected chi connectivity index (χ3v) is 4.76. The number of benzene rings is 2. The van der Waals surface area contributed by atoms with Crippen molar-refractivity contribution >= 4 is 0 Å². The lowest BCUT2D eigenvalue weighted by Gasteiger charge is -2.21. The van der Waals surface area contributed by atoms with Gasteiger partial charge in [-0.3, -0.25) is 0 Å². The first-order valence-electron chi connectivity index (χ1n) is 9.74. The van der Waals surface area contributed by atoms with E-state index >= 15 is 0 Å². The van der Waals surface area contributed by atoms with Crippen molar-refractivity contribution in [3.63, 3.8) is 0 Å². The van der Waals surface area contributed by atoms with Crippen LogP contribution in [0.4, 0.5) is 0 Å². The van der Waals surface area contributed by atoms with Crippen molar-refractivity contribution in [1.29, 1.82) is 0 Å². The van der Waals surface area contributed by atoms with E-state index in [2.05, 4.69) is 83.1 Å². The Morgan fingerprint density at radius 1 is 0.920 bits per heavy atom. The predicted octanol–water partition coefficient (Wildman–Crippen LogP) is 6.99. The highest BCUT2D eigenvalue weighted by molar-refractivity contribution is 5.29. The first-order valence-corrected chi connectivity index (χ1v) is 9.74. The molecule has 2 aromatic carbocycles. The van der Waals surface area contributed by atoms with E-state index in [9.17, 15) is 0 Å². The van der Waals surface area contributed by atoms with Crippen molar-refractivity contribution in [3.05, 3.63) is 70.8 Å². The molecule has 0 aliphatic rings. The van der Waals surface area contributed by atoms with Crippen molar-refractivity contribution in [2.45, 2.75) is 78.4 Å². The van der Waals surface area contributed by atoms with E-state index in [0.717, 1.165) is 12.8 Å². The van der Waals surface area contributed by atoms with Gasteiger partial charge in [0.2, 0.25) is 0 Å². The second-order valence-corrected chi connectivity index (χ2v) is 8.01. The van der Waals surface area contributed by atoms with Gasteiger partial charge >= 0.3 is 0 Å². The summed E-state index contributed by atoms with van der Waals surface area (Å²) in [5.74, 6) is 0. The monoisotopic (exact) mass is 338 g/mol. The molecule has 0 radical (unpaired) electrons. The van der Waals surface area contributed by atoms with E-state index in [-0.39, 0.29) is 11.5 Å². The summed E-state index contributed by atoms with van der Waals surface area (Å²) in [6, 6.07) is 17.7. The molecule has 0 N–H and O–H groups in total. The zero-order chi connectivity index (χ0) is 18.3. The minimum Gasteiger partial charge on any atom is -0.369 e. The largest absolute Gasteiger partial charge is 0.369 e. The highest BCUT2D eigenvalue weighted by Gasteiger charge is 2.15. The summed E-state index contributed by atoms with van der Waals surface area (Å²) in [5, 5.41) is 0. The molecule has 0 heterocycles. The number of aryl methyl sites for hydroxylation is 1. The van der Waals surface area contributed by atoms with Crippen molar-refractivity contribution < 1.29 is 4.74 Å². The van der Waals surface area contributed by atoms with E-state index in [1.54, 1.807) is 0 Å². The molecule has 1 nitrogen and oxygen atoms in total. The van der Waals surface area contributed by atoms with Crippen molar-refractivity contribution in [2.75, 3.05) is 0 Å². The van der Waals surface area contributed by atoms with Crippen LogP contribution in [0.25, 0.3) is 0 Å². The van der Waals surface area contributed by atoms with E-state index in [4.69, 9.17) is 4.74 Å². The molecule has 2 aromatic rings. The zero-order valence-electron chi connectivity index (χ0n) is 16.6. The third-order valence-electron chi connectivity index (χ3n) is 4.76. The Kier molecular flexibility index (Phi) is 7.25. The maximum absolute atomic E-state index is 6.29. The van der Waals surface area contributed by atoms with Crippen LogP contribution < -0.4 is 0 Å². The fourth-order valence-electron chi connectivity index (χ4n) is 3.10. The predicted molar refractivity (Wildman–Crippen MR) is 108 cm³/mol. The summed E-state index contributed by atoms with van der Waals surface area (Å²) in [4.78, 5) is 0. The number of unbranched alkanes of at least 4 members (excludes halogenated alkanes) is 1. The number of ether oxygens (including phenoxy) is 1. The van der Waals surface area contributed by atoms with E-state index in [1.807, 2.05) is 0 Å². The SMILES string of the molecule is CCCCc1cccc([C@H](CC)OCc2cccc(C(C)(C)C)c2)c1. The molecule has 0 spiro atoms. The fraction of sp³-hybridized carbons (Fsp3) is 0.500. The van der Waals surface area contributed by atoms with Gasteiger partial charge in [-0.1, -0.05) is 89.6 Å². The molecule has 1 heteroatoms. The summed E-state index contributed by atoms with van der Waals surface area (Å²) in [7, 11) is 0. The molecule has 2 rings (SSSR count). The molecule has 1 atom stereocenters. The van der Waals surface area contributed by atoms with Gasteiger partial charge in [0.25, 0.3) is 0 Å². The molecule has 0 unspecified atom stereocenters. The van der Waals surface area contributed by atoms with E-state index < -0.39 is 0 Å². The van der Waals surface area contributed by atoms with E-state index in [0.29, 0.717) is 6.61 Å². The van der Waals surface area contributed by atoms with Gasteiger partial charge in [-0.15, -0.1) is 0 Å². The third kappa shape index (κ3) is 6.01. The quantitative estimate of drug-likeness (QED) is 0.504. The molecule has 0 saturated heterocycles. The molecule has 0 aromatic heterocycles. The van der Waals surface area contributed by atoms with Gasteiger partial charge in [0.1, 0.15) is 0 Å². The van der Waals surface area contributed by atoms with Gasteiger partial charge in [-0.2, -0.15) is 0 Å². The van der Waals surface area contributed by atoms with Crippen LogP contribution in [-0.2, 0) is 23.2 Å². The van der Waals surface area contributed by atoms with Crippen LogP contribution in [0.3, 0.4) is 0 Å². The van der Waals surface area contributed by atoms with Crippen LogP contribution in [0.2, 0.25) is 0 Å². The van der Waals surface area contributed by atoms with Crippen LogP contribution in [0, 0.1) is 0 Å². The van der Waals surface area contributed by atoms with Crippen LogP contribution >= 0.6 is 0 Å². The van der Waals surface area contributed by atoms with Crippen LogP contribution in [0.5, 0.6) is 0 Å². The van der Waals surface area contributed by atoms with Gasteiger partial charge in [-0.05, 0) is 46.9 Å². The molecular formula is C24H34O. The van der Waals surface area contributed by atoms with Crippen LogP contribution in [0.15, 0.2) is 48.5 Å². The van der Waals surface area contributed by atoms with Crippen molar-refractivity contribution in [1.82, 2.24) is 0 Å².